The van der Waals surface area contributed by atoms with Crippen molar-refractivity contribution in [2.75, 3.05) is 4.72 Å². The van der Waals surface area contributed by atoms with Gasteiger partial charge in [-0.05, 0) is 48.5 Å². The summed E-state index contributed by atoms with van der Waals surface area (Å²) in [5.74, 6) is 0. The van der Waals surface area contributed by atoms with Crippen molar-refractivity contribution in [1.29, 1.82) is 0 Å². The number of nitrogens with zero attached hydrogens (tertiary/aromatic N) is 1. The van der Waals surface area contributed by atoms with E-state index in [1.165, 1.54) is 12.1 Å². The van der Waals surface area contributed by atoms with Gasteiger partial charge in [-0.1, -0.05) is 48.0 Å². The van der Waals surface area contributed by atoms with Crippen LogP contribution < -0.4 is 4.72 Å². The maximum atomic E-state index is 12.4. The lowest BCUT2D eigenvalue weighted by molar-refractivity contribution is 0.601. The number of para-hydroxylation sites is 1. The Labute approximate surface area is 162 Å². The van der Waals surface area contributed by atoms with E-state index in [0.717, 1.165) is 22.2 Å². The number of benzene rings is 3. The average molecular weight is 395 g/mol. The molecule has 4 nitrogen and oxygen atoms in total. The Hall–Kier alpha value is -2.89. The van der Waals surface area contributed by atoms with E-state index < -0.39 is 10.0 Å². The summed E-state index contributed by atoms with van der Waals surface area (Å²) in [5, 5.41) is 1.56. The molecular weight excluding hydrogens is 380 g/mol. The highest BCUT2D eigenvalue weighted by Gasteiger charge is 2.14. The number of hydrogen-bond donors (Lipinski definition) is 1. The Morgan fingerprint density at radius 1 is 0.778 bits per heavy atom. The van der Waals surface area contributed by atoms with Crippen molar-refractivity contribution >= 4 is 38.2 Å². The number of sulfonamides is 1. The lowest BCUT2D eigenvalue weighted by Crippen LogP contribution is -2.12. The van der Waals surface area contributed by atoms with Gasteiger partial charge in [-0.2, -0.15) is 0 Å². The molecule has 4 rings (SSSR count). The molecule has 0 bridgehead atoms. The van der Waals surface area contributed by atoms with Crippen molar-refractivity contribution in [2.24, 2.45) is 0 Å². The molecule has 27 heavy (non-hydrogen) atoms. The molecule has 0 atom stereocenters. The average Bonchev–Trinajstić information content (AvgIpc) is 2.68. The minimum absolute atomic E-state index is 0.159. The molecule has 0 unspecified atom stereocenters. The van der Waals surface area contributed by atoms with Gasteiger partial charge in [0.2, 0.25) is 0 Å². The molecule has 0 aliphatic carbocycles. The molecule has 0 fully saturated rings. The van der Waals surface area contributed by atoms with Crippen LogP contribution in [-0.4, -0.2) is 13.4 Å². The van der Waals surface area contributed by atoms with Gasteiger partial charge >= 0.3 is 0 Å². The van der Waals surface area contributed by atoms with Crippen LogP contribution in [-0.2, 0) is 10.0 Å². The van der Waals surface area contributed by atoms with Crippen LogP contribution in [0.4, 0.5) is 5.69 Å². The predicted molar refractivity (Wildman–Crippen MR) is 109 cm³/mol. The molecule has 0 amide bonds. The van der Waals surface area contributed by atoms with Gasteiger partial charge in [0.25, 0.3) is 10.0 Å². The first-order valence-electron chi connectivity index (χ1n) is 8.26. The number of rotatable bonds is 4. The number of aromatic nitrogens is 1. The molecule has 0 aliphatic rings. The molecule has 0 aliphatic heterocycles. The summed E-state index contributed by atoms with van der Waals surface area (Å²) in [7, 11) is -3.66. The fourth-order valence-electron chi connectivity index (χ4n) is 2.76. The molecule has 1 heterocycles. The molecule has 4 aromatic rings. The first-order valence-corrected chi connectivity index (χ1v) is 10.1. The Morgan fingerprint density at radius 3 is 2.22 bits per heavy atom. The SMILES string of the molecule is O=S(=O)(Nc1ccc(-c2ccc3ccccc3n2)cc1)c1ccc(Cl)cc1. The second kappa shape index (κ2) is 7.02. The highest BCUT2D eigenvalue weighted by molar-refractivity contribution is 7.92. The largest absolute Gasteiger partial charge is 0.280 e. The van der Waals surface area contributed by atoms with Crippen LogP contribution >= 0.6 is 11.6 Å². The van der Waals surface area contributed by atoms with E-state index in [9.17, 15) is 8.42 Å². The predicted octanol–water partition coefficient (Wildman–Crippen LogP) is 5.36. The van der Waals surface area contributed by atoms with Crippen LogP contribution in [0.25, 0.3) is 22.2 Å². The van der Waals surface area contributed by atoms with E-state index in [0.29, 0.717) is 10.7 Å². The van der Waals surface area contributed by atoms with Crippen LogP contribution in [0.2, 0.25) is 5.02 Å². The van der Waals surface area contributed by atoms with Crippen molar-refractivity contribution in [2.45, 2.75) is 4.90 Å². The van der Waals surface area contributed by atoms with Gasteiger partial charge in [-0.25, -0.2) is 13.4 Å². The third-order valence-electron chi connectivity index (χ3n) is 4.16. The smallest absolute Gasteiger partial charge is 0.261 e. The number of hydrogen-bond acceptors (Lipinski definition) is 3. The lowest BCUT2D eigenvalue weighted by Gasteiger charge is -2.09. The van der Waals surface area contributed by atoms with Gasteiger partial charge in [0.15, 0.2) is 0 Å². The zero-order valence-corrected chi connectivity index (χ0v) is 15.7. The third-order valence-corrected chi connectivity index (χ3v) is 5.80. The standard InChI is InChI=1S/C21H15ClN2O2S/c22-17-8-12-19(13-9-17)27(25,26)24-18-10-5-16(6-11-18)21-14-7-15-3-1-2-4-20(15)23-21/h1-14,24H. The molecular formula is C21H15ClN2O2S. The minimum Gasteiger partial charge on any atom is -0.280 e. The van der Waals surface area contributed by atoms with Crippen LogP contribution in [0.15, 0.2) is 89.8 Å². The van der Waals surface area contributed by atoms with Crippen LogP contribution in [0.5, 0.6) is 0 Å². The Balaban J connectivity index is 1.58. The van der Waals surface area contributed by atoms with Crippen LogP contribution in [0.3, 0.4) is 0 Å². The molecule has 3 aromatic carbocycles. The fraction of sp³-hybridized carbons (Fsp3) is 0. The van der Waals surface area contributed by atoms with Crippen molar-refractivity contribution < 1.29 is 8.42 Å². The summed E-state index contributed by atoms with van der Waals surface area (Å²) >= 11 is 5.81. The van der Waals surface area contributed by atoms with Crippen LogP contribution in [0.1, 0.15) is 0 Å². The van der Waals surface area contributed by atoms with Gasteiger partial charge < -0.3 is 0 Å². The minimum atomic E-state index is -3.66. The van der Waals surface area contributed by atoms with Gasteiger partial charge in [0.1, 0.15) is 0 Å². The highest BCUT2D eigenvalue weighted by Crippen LogP contribution is 2.24. The molecule has 1 aromatic heterocycles. The fourth-order valence-corrected chi connectivity index (χ4v) is 3.95. The lowest BCUT2D eigenvalue weighted by atomic mass is 10.1. The quantitative estimate of drug-likeness (QED) is 0.507. The summed E-state index contributed by atoms with van der Waals surface area (Å²) in [6.45, 7) is 0. The second-order valence-corrected chi connectivity index (χ2v) is 8.14. The van der Waals surface area contributed by atoms with E-state index in [1.54, 1.807) is 24.3 Å². The van der Waals surface area contributed by atoms with Crippen molar-refractivity contribution in [1.82, 2.24) is 4.98 Å². The van der Waals surface area contributed by atoms with Gasteiger partial charge in [-0.3, -0.25) is 4.72 Å². The van der Waals surface area contributed by atoms with E-state index in [2.05, 4.69) is 9.71 Å². The first kappa shape index (κ1) is 17.5. The van der Waals surface area contributed by atoms with E-state index in [4.69, 9.17) is 11.6 Å². The zero-order chi connectivity index (χ0) is 18.9. The number of fused-ring (bicyclic) bond motifs is 1. The van der Waals surface area contributed by atoms with E-state index in [-0.39, 0.29) is 4.90 Å². The molecule has 0 radical (unpaired) electrons. The number of anilines is 1. The highest BCUT2D eigenvalue weighted by atomic mass is 35.5. The maximum Gasteiger partial charge on any atom is 0.261 e. The van der Waals surface area contributed by atoms with Gasteiger partial charge in [0, 0.05) is 21.7 Å². The third kappa shape index (κ3) is 3.79. The Bertz CT molecular complexity index is 1210. The first-order chi connectivity index (χ1) is 13.0. The number of halogens is 1. The summed E-state index contributed by atoms with van der Waals surface area (Å²) in [4.78, 5) is 4.81. The summed E-state index contributed by atoms with van der Waals surface area (Å²) < 4.78 is 27.5. The van der Waals surface area contributed by atoms with Crippen molar-refractivity contribution in [3.8, 4) is 11.3 Å². The number of pyridine rings is 1. The molecule has 134 valence electrons. The molecule has 1 N–H and O–H groups in total. The normalized spacial score (nSPS) is 11.4. The van der Waals surface area contributed by atoms with E-state index >= 15 is 0 Å². The summed E-state index contributed by atoms with van der Waals surface area (Å²) in [6.07, 6.45) is 0. The summed E-state index contributed by atoms with van der Waals surface area (Å²) in [5.41, 5.74) is 3.15. The van der Waals surface area contributed by atoms with Crippen molar-refractivity contribution in [3.63, 3.8) is 0 Å². The molecule has 6 heteroatoms. The topological polar surface area (TPSA) is 59.1 Å². The summed E-state index contributed by atoms with van der Waals surface area (Å²) in [6, 6.07) is 25.1. The van der Waals surface area contributed by atoms with Crippen LogP contribution in [0, 0.1) is 0 Å². The molecule has 0 saturated carbocycles. The second-order valence-electron chi connectivity index (χ2n) is 6.03. The number of nitrogens with one attached hydrogen (secondary N) is 1. The monoisotopic (exact) mass is 394 g/mol. The van der Waals surface area contributed by atoms with E-state index in [1.807, 2.05) is 48.5 Å². The van der Waals surface area contributed by atoms with Crippen molar-refractivity contribution in [3.05, 3.63) is 90.0 Å². The maximum absolute atomic E-state index is 12.4. The molecule has 0 saturated heterocycles. The Morgan fingerprint density at radius 2 is 1.48 bits per heavy atom. The Kier molecular flexibility index (Phi) is 4.56. The zero-order valence-electron chi connectivity index (χ0n) is 14.1. The van der Waals surface area contributed by atoms with Gasteiger partial charge in [-0.15, -0.1) is 0 Å². The van der Waals surface area contributed by atoms with Gasteiger partial charge in [0.05, 0.1) is 16.1 Å². The molecule has 0 spiro atoms.